The quantitative estimate of drug-likeness (QED) is 0.713. The number of allylic oxidation sites excluding steroid dienone is 3. The molecule has 0 aromatic heterocycles. The Labute approximate surface area is 83.8 Å². The molecule has 0 fully saturated rings. The number of ketones is 1. The number of nitrogens with zero attached hydrogens (tertiary/aromatic N) is 1. The third-order valence-corrected chi connectivity index (χ3v) is 2.40. The van der Waals surface area contributed by atoms with Gasteiger partial charge in [-0.15, -0.1) is 0 Å². The number of Topliss-reactive ketones (excluding diaryl/α,β-unsaturated/α-hetero) is 1. The Hall–Kier alpha value is -1.51. The summed E-state index contributed by atoms with van der Waals surface area (Å²) in [6, 6.07) is 0. The monoisotopic (exact) mass is 190 g/mol. The van der Waals surface area contributed by atoms with Crippen LogP contribution in [0.5, 0.6) is 0 Å². The molecule has 0 saturated heterocycles. The van der Waals surface area contributed by atoms with Crippen LogP contribution in [0.3, 0.4) is 0 Å². The van der Waals surface area contributed by atoms with Crippen LogP contribution in [-0.4, -0.2) is 16.8 Å². The standard InChI is InChI=1S/C11H14N2O/c1-8(2)11(14)9-7-12-10-5-3-4-6-13(9)10/h3-8,10,12H,1-2H3. The van der Waals surface area contributed by atoms with E-state index in [4.69, 9.17) is 0 Å². The van der Waals surface area contributed by atoms with Crippen LogP contribution in [-0.2, 0) is 4.79 Å². The molecule has 1 N–H and O–H groups in total. The summed E-state index contributed by atoms with van der Waals surface area (Å²) in [5.41, 5.74) is 0.755. The third kappa shape index (κ3) is 1.35. The molecular formula is C11H14N2O. The zero-order chi connectivity index (χ0) is 10.1. The summed E-state index contributed by atoms with van der Waals surface area (Å²) < 4.78 is 0. The molecule has 0 spiro atoms. The second kappa shape index (κ2) is 3.33. The molecule has 14 heavy (non-hydrogen) atoms. The summed E-state index contributed by atoms with van der Waals surface area (Å²) in [4.78, 5) is 13.8. The van der Waals surface area contributed by atoms with E-state index in [1.165, 1.54) is 0 Å². The predicted molar refractivity (Wildman–Crippen MR) is 55.0 cm³/mol. The van der Waals surface area contributed by atoms with Gasteiger partial charge in [-0.25, -0.2) is 0 Å². The normalized spacial score (nSPS) is 23.5. The first-order chi connectivity index (χ1) is 6.70. The zero-order valence-electron chi connectivity index (χ0n) is 8.40. The Balaban J connectivity index is 2.19. The van der Waals surface area contributed by atoms with E-state index in [-0.39, 0.29) is 17.9 Å². The molecule has 3 heteroatoms. The minimum Gasteiger partial charge on any atom is -0.366 e. The van der Waals surface area contributed by atoms with Crippen LogP contribution < -0.4 is 5.32 Å². The molecule has 2 aliphatic rings. The topological polar surface area (TPSA) is 32.3 Å². The van der Waals surface area contributed by atoms with Gasteiger partial charge in [0, 0.05) is 18.3 Å². The molecule has 2 heterocycles. The first-order valence-electron chi connectivity index (χ1n) is 4.84. The lowest BCUT2D eigenvalue weighted by atomic mass is 10.1. The minimum absolute atomic E-state index is 0.0427. The average Bonchev–Trinajstić information content (AvgIpc) is 2.60. The van der Waals surface area contributed by atoms with E-state index in [2.05, 4.69) is 5.32 Å². The summed E-state index contributed by atoms with van der Waals surface area (Å²) >= 11 is 0. The van der Waals surface area contributed by atoms with Gasteiger partial charge in [0.15, 0.2) is 5.78 Å². The molecule has 0 aliphatic carbocycles. The van der Waals surface area contributed by atoms with Gasteiger partial charge in [0.05, 0.1) is 0 Å². The van der Waals surface area contributed by atoms with Crippen LogP contribution in [0.15, 0.2) is 36.3 Å². The Morgan fingerprint density at radius 2 is 2.29 bits per heavy atom. The number of nitrogens with one attached hydrogen (secondary N) is 1. The van der Waals surface area contributed by atoms with Crippen LogP contribution in [0.2, 0.25) is 0 Å². The fourth-order valence-electron chi connectivity index (χ4n) is 1.60. The highest BCUT2D eigenvalue weighted by atomic mass is 16.1. The molecule has 74 valence electrons. The summed E-state index contributed by atoms with van der Waals surface area (Å²) in [5, 5.41) is 3.15. The van der Waals surface area contributed by atoms with Gasteiger partial charge < -0.3 is 10.2 Å². The number of hydrogen-bond acceptors (Lipinski definition) is 3. The van der Waals surface area contributed by atoms with Gasteiger partial charge in [0.1, 0.15) is 11.9 Å². The highest BCUT2D eigenvalue weighted by molar-refractivity contribution is 5.96. The van der Waals surface area contributed by atoms with Gasteiger partial charge in [-0.1, -0.05) is 19.9 Å². The summed E-state index contributed by atoms with van der Waals surface area (Å²) in [7, 11) is 0. The van der Waals surface area contributed by atoms with Crippen LogP contribution in [0.25, 0.3) is 0 Å². The Morgan fingerprint density at radius 1 is 1.50 bits per heavy atom. The van der Waals surface area contributed by atoms with Crippen molar-refractivity contribution in [3.8, 4) is 0 Å². The Kier molecular flexibility index (Phi) is 2.15. The summed E-state index contributed by atoms with van der Waals surface area (Å²) in [6.45, 7) is 3.83. The van der Waals surface area contributed by atoms with E-state index < -0.39 is 0 Å². The van der Waals surface area contributed by atoms with Gasteiger partial charge in [0.2, 0.25) is 0 Å². The van der Waals surface area contributed by atoms with Crippen molar-refractivity contribution < 1.29 is 4.79 Å². The SMILES string of the molecule is CC(C)C(=O)C1=CNC2C=CC=CN12. The Morgan fingerprint density at radius 3 is 3.00 bits per heavy atom. The van der Waals surface area contributed by atoms with Crippen molar-refractivity contribution in [2.75, 3.05) is 0 Å². The van der Waals surface area contributed by atoms with Crippen molar-refractivity contribution in [3.05, 3.63) is 36.3 Å². The molecule has 1 unspecified atom stereocenters. The van der Waals surface area contributed by atoms with E-state index in [0.29, 0.717) is 0 Å². The maximum Gasteiger partial charge on any atom is 0.183 e. The number of fused-ring (bicyclic) bond motifs is 1. The Bertz CT molecular complexity index is 339. The molecule has 0 saturated carbocycles. The molecule has 0 bridgehead atoms. The molecule has 1 atom stereocenters. The molecule has 0 aromatic carbocycles. The average molecular weight is 190 g/mol. The van der Waals surface area contributed by atoms with Crippen LogP contribution in [0.4, 0.5) is 0 Å². The lowest BCUT2D eigenvalue weighted by molar-refractivity contribution is -0.119. The number of rotatable bonds is 2. The highest BCUT2D eigenvalue weighted by Gasteiger charge is 2.28. The lowest BCUT2D eigenvalue weighted by Gasteiger charge is -2.25. The van der Waals surface area contributed by atoms with E-state index in [9.17, 15) is 4.79 Å². The molecule has 0 radical (unpaired) electrons. The number of carbonyl (C=O) groups is 1. The number of hydrogen-bond donors (Lipinski definition) is 1. The molecule has 0 aromatic rings. The van der Waals surface area contributed by atoms with Crippen molar-refractivity contribution in [2.24, 2.45) is 5.92 Å². The van der Waals surface area contributed by atoms with E-state index >= 15 is 0 Å². The van der Waals surface area contributed by atoms with Crippen molar-refractivity contribution >= 4 is 5.78 Å². The van der Waals surface area contributed by atoms with Crippen molar-refractivity contribution in [1.82, 2.24) is 10.2 Å². The van der Waals surface area contributed by atoms with E-state index in [1.54, 1.807) is 6.20 Å². The van der Waals surface area contributed by atoms with Crippen molar-refractivity contribution in [2.45, 2.75) is 20.0 Å². The second-order valence-corrected chi connectivity index (χ2v) is 3.79. The summed E-state index contributed by atoms with van der Waals surface area (Å²) in [5.74, 6) is 0.223. The third-order valence-electron chi connectivity index (χ3n) is 2.40. The molecule has 3 nitrogen and oxygen atoms in total. The second-order valence-electron chi connectivity index (χ2n) is 3.79. The summed E-state index contributed by atoms with van der Waals surface area (Å²) in [6.07, 6.45) is 9.79. The van der Waals surface area contributed by atoms with Crippen molar-refractivity contribution in [3.63, 3.8) is 0 Å². The fourth-order valence-corrected chi connectivity index (χ4v) is 1.60. The van der Waals surface area contributed by atoms with Gasteiger partial charge >= 0.3 is 0 Å². The van der Waals surface area contributed by atoms with Gasteiger partial charge in [0.25, 0.3) is 0 Å². The maximum atomic E-state index is 11.8. The predicted octanol–water partition coefficient (Wildman–Crippen LogP) is 1.37. The van der Waals surface area contributed by atoms with E-state index in [0.717, 1.165) is 5.70 Å². The van der Waals surface area contributed by atoms with E-state index in [1.807, 2.05) is 43.2 Å². The molecule has 0 amide bonds. The molecule has 2 aliphatic heterocycles. The fraction of sp³-hybridized carbons (Fsp3) is 0.364. The maximum absolute atomic E-state index is 11.8. The van der Waals surface area contributed by atoms with Crippen LogP contribution >= 0.6 is 0 Å². The van der Waals surface area contributed by atoms with Crippen LogP contribution in [0, 0.1) is 5.92 Å². The van der Waals surface area contributed by atoms with Gasteiger partial charge in [-0.2, -0.15) is 0 Å². The number of carbonyl (C=O) groups excluding carboxylic acids is 1. The lowest BCUT2D eigenvalue weighted by Crippen LogP contribution is -2.34. The largest absolute Gasteiger partial charge is 0.366 e. The van der Waals surface area contributed by atoms with Crippen molar-refractivity contribution in [1.29, 1.82) is 0 Å². The van der Waals surface area contributed by atoms with Gasteiger partial charge in [-0.3, -0.25) is 4.79 Å². The smallest absolute Gasteiger partial charge is 0.183 e. The van der Waals surface area contributed by atoms with Gasteiger partial charge in [-0.05, 0) is 12.2 Å². The first kappa shape index (κ1) is 9.06. The first-order valence-corrected chi connectivity index (χ1v) is 4.84. The molecular weight excluding hydrogens is 176 g/mol. The highest BCUT2D eigenvalue weighted by Crippen LogP contribution is 2.21. The minimum atomic E-state index is 0.0427. The van der Waals surface area contributed by atoms with Crippen LogP contribution in [0.1, 0.15) is 13.8 Å². The molecule has 2 rings (SSSR count). The zero-order valence-corrected chi connectivity index (χ0v) is 8.40.